The maximum atomic E-state index is 10.1. The van der Waals surface area contributed by atoms with E-state index in [1.54, 1.807) is 0 Å². The quantitative estimate of drug-likeness (QED) is 0.889. The first-order valence-corrected chi connectivity index (χ1v) is 6.85. The molecule has 18 heavy (non-hydrogen) atoms. The van der Waals surface area contributed by atoms with Gasteiger partial charge in [-0.15, -0.1) is 0 Å². The fourth-order valence-corrected chi connectivity index (χ4v) is 2.75. The summed E-state index contributed by atoms with van der Waals surface area (Å²) in [5, 5.41) is 10.1. The Bertz CT molecular complexity index is 394. The first kappa shape index (κ1) is 13.4. The minimum atomic E-state index is -0.354. The second-order valence-corrected chi connectivity index (χ2v) is 5.29. The molecule has 0 amide bonds. The van der Waals surface area contributed by atoms with Crippen LogP contribution >= 0.6 is 0 Å². The number of rotatable bonds is 3. The molecule has 0 aromatic heterocycles. The van der Waals surface area contributed by atoms with Crippen LogP contribution in [-0.4, -0.2) is 42.7 Å². The van der Waals surface area contributed by atoms with Gasteiger partial charge in [-0.1, -0.05) is 25.1 Å². The van der Waals surface area contributed by atoms with Gasteiger partial charge in [0, 0.05) is 36.9 Å². The summed E-state index contributed by atoms with van der Waals surface area (Å²) in [5.41, 5.74) is 2.27. The molecule has 1 saturated heterocycles. The van der Waals surface area contributed by atoms with E-state index >= 15 is 0 Å². The third-order valence-electron chi connectivity index (χ3n) is 3.82. The molecule has 3 heteroatoms. The molecule has 1 aromatic rings. The van der Waals surface area contributed by atoms with E-state index in [1.807, 2.05) is 13.0 Å². The molecule has 1 heterocycles. The topological polar surface area (TPSA) is 26.7 Å². The lowest BCUT2D eigenvalue weighted by Gasteiger charge is -2.41. The van der Waals surface area contributed by atoms with E-state index < -0.39 is 0 Å². The van der Waals surface area contributed by atoms with Gasteiger partial charge in [0.25, 0.3) is 0 Å². The number of likely N-dealkylation sites (N-methyl/N-ethyl adjacent to an activating group) is 1. The molecule has 0 saturated carbocycles. The van der Waals surface area contributed by atoms with E-state index in [4.69, 9.17) is 0 Å². The van der Waals surface area contributed by atoms with Crippen molar-refractivity contribution in [2.45, 2.75) is 32.4 Å². The summed E-state index contributed by atoms with van der Waals surface area (Å²) >= 11 is 0. The molecular formula is C15H24N2O. The monoisotopic (exact) mass is 248 g/mol. The van der Waals surface area contributed by atoms with Crippen molar-refractivity contribution >= 4 is 5.69 Å². The number of piperazine rings is 1. The van der Waals surface area contributed by atoms with Gasteiger partial charge in [0.2, 0.25) is 0 Å². The molecule has 0 radical (unpaired) electrons. The minimum Gasteiger partial charge on any atom is -0.388 e. The van der Waals surface area contributed by atoms with Crippen LogP contribution < -0.4 is 4.90 Å². The molecule has 0 spiro atoms. The molecule has 1 fully saturated rings. The third kappa shape index (κ3) is 2.68. The summed E-state index contributed by atoms with van der Waals surface area (Å²) in [6, 6.07) is 8.75. The Hall–Kier alpha value is -1.06. The maximum absolute atomic E-state index is 10.1. The average molecular weight is 248 g/mol. The summed E-state index contributed by atoms with van der Waals surface area (Å²) in [6.07, 6.45) is 0.409. The lowest BCUT2D eigenvalue weighted by atomic mass is 10.0. The van der Waals surface area contributed by atoms with E-state index in [-0.39, 0.29) is 6.10 Å². The van der Waals surface area contributed by atoms with E-state index in [0.717, 1.165) is 31.6 Å². The lowest BCUT2D eigenvalue weighted by Crippen LogP contribution is -2.50. The first-order valence-electron chi connectivity index (χ1n) is 6.85. The van der Waals surface area contributed by atoms with Gasteiger partial charge >= 0.3 is 0 Å². The average Bonchev–Trinajstić information content (AvgIpc) is 2.38. The van der Waals surface area contributed by atoms with Gasteiger partial charge in [0.05, 0.1) is 6.10 Å². The zero-order chi connectivity index (χ0) is 13.1. The summed E-state index contributed by atoms with van der Waals surface area (Å²) in [7, 11) is 2.17. The molecule has 1 unspecified atom stereocenters. The van der Waals surface area contributed by atoms with Crippen molar-refractivity contribution in [3.05, 3.63) is 29.8 Å². The van der Waals surface area contributed by atoms with Crippen molar-refractivity contribution in [1.82, 2.24) is 4.90 Å². The summed E-state index contributed by atoms with van der Waals surface area (Å²) in [5.74, 6) is 0. The first-order chi connectivity index (χ1) is 8.63. The molecule has 3 nitrogen and oxygen atoms in total. The number of benzene rings is 1. The Morgan fingerprint density at radius 3 is 2.72 bits per heavy atom. The number of hydrogen-bond donors (Lipinski definition) is 1. The van der Waals surface area contributed by atoms with Crippen LogP contribution in [0.4, 0.5) is 5.69 Å². The van der Waals surface area contributed by atoms with Gasteiger partial charge in [0.1, 0.15) is 0 Å². The maximum Gasteiger partial charge on any atom is 0.0807 e. The Morgan fingerprint density at radius 2 is 2.06 bits per heavy atom. The van der Waals surface area contributed by atoms with Crippen LogP contribution in [0, 0.1) is 0 Å². The molecule has 1 aliphatic rings. The molecule has 0 aliphatic carbocycles. The van der Waals surface area contributed by atoms with Crippen molar-refractivity contribution in [1.29, 1.82) is 0 Å². The van der Waals surface area contributed by atoms with Crippen LogP contribution in [0.15, 0.2) is 24.3 Å². The van der Waals surface area contributed by atoms with Crippen LogP contribution in [0.5, 0.6) is 0 Å². The summed E-state index contributed by atoms with van der Waals surface area (Å²) in [6.45, 7) is 7.47. The highest BCUT2D eigenvalue weighted by molar-refractivity contribution is 5.55. The van der Waals surface area contributed by atoms with E-state index in [1.165, 1.54) is 5.69 Å². The lowest BCUT2D eigenvalue weighted by molar-refractivity contribution is 0.173. The van der Waals surface area contributed by atoms with Gasteiger partial charge in [0.15, 0.2) is 0 Å². The van der Waals surface area contributed by atoms with E-state index in [2.05, 4.69) is 42.0 Å². The van der Waals surface area contributed by atoms with Gasteiger partial charge in [-0.2, -0.15) is 0 Å². The Labute approximate surface area is 110 Å². The number of aliphatic hydroxyl groups excluding tert-OH is 1. The molecule has 100 valence electrons. The van der Waals surface area contributed by atoms with Crippen LogP contribution in [0.25, 0.3) is 0 Å². The Morgan fingerprint density at radius 1 is 1.33 bits per heavy atom. The predicted octanol–water partition coefficient (Wildman–Crippen LogP) is 2.27. The van der Waals surface area contributed by atoms with Crippen molar-refractivity contribution in [3.8, 4) is 0 Å². The summed E-state index contributed by atoms with van der Waals surface area (Å²) < 4.78 is 0. The van der Waals surface area contributed by atoms with Crippen LogP contribution in [0.2, 0.25) is 0 Å². The highest BCUT2D eigenvalue weighted by Gasteiger charge is 2.24. The highest BCUT2D eigenvalue weighted by atomic mass is 16.3. The zero-order valence-corrected chi connectivity index (χ0v) is 11.6. The Balaban J connectivity index is 2.27. The van der Waals surface area contributed by atoms with Crippen molar-refractivity contribution < 1.29 is 5.11 Å². The number of aliphatic hydroxyl groups is 1. The van der Waals surface area contributed by atoms with Gasteiger partial charge in [-0.05, 0) is 26.5 Å². The second-order valence-electron chi connectivity index (χ2n) is 5.29. The van der Waals surface area contributed by atoms with Crippen LogP contribution in [0.3, 0.4) is 0 Å². The number of para-hydroxylation sites is 1. The number of hydrogen-bond acceptors (Lipinski definition) is 3. The highest BCUT2D eigenvalue weighted by Crippen LogP contribution is 2.30. The van der Waals surface area contributed by atoms with Gasteiger partial charge < -0.3 is 14.9 Å². The predicted molar refractivity (Wildman–Crippen MR) is 76.0 cm³/mol. The fraction of sp³-hybridized carbons (Fsp3) is 0.600. The van der Waals surface area contributed by atoms with Crippen LogP contribution in [0.1, 0.15) is 31.9 Å². The van der Waals surface area contributed by atoms with Gasteiger partial charge in [-0.3, -0.25) is 0 Å². The molecule has 2 rings (SSSR count). The normalized spacial score (nSPS) is 23.1. The molecule has 0 bridgehead atoms. The molecule has 2 atom stereocenters. The SMILES string of the molecule is CC[C@H](O)c1ccccc1N1CCN(C)CC1C. The smallest absolute Gasteiger partial charge is 0.0807 e. The minimum absolute atomic E-state index is 0.354. The zero-order valence-electron chi connectivity index (χ0n) is 11.6. The summed E-state index contributed by atoms with van der Waals surface area (Å²) in [4.78, 5) is 4.79. The van der Waals surface area contributed by atoms with E-state index in [9.17, 15) is 5.11 Å². The fourth-order valence-electron chi connectivity index (χ4n) is 2.75. The van der Waals surface area contributed by atoms with Gasteiger partial charge in [-0.25, -0.2) is 0 Å². The molecule has 1 aliphatic heterocycles. The van der Waals surface area contributed by atoms with E-state index in [0.29, 0.717) is 6.04 Å². The molecule has 1 N–H and O–H groups in total. The Kier molecular flexibility index (Phi) is 4.25. The van der Waals surface area contributed by atoms with Crippen molar-refractivity contribution in [2.24, 2.45) is 0 Å². The standard InChI is InChI=1S/C15H24N2O/c1-4-15(18)13-7-5-6-8-14(13)17-10-9-16(3)11-12(17)2/h5-8,12,15,18H,4,9-11H2,1-3H3/t12?,15-/m0/s1. The van der Waals surface area contributed by atoms with Crippen LogP contribution in [-0.2, 0) is 0 Å². The third-order valence-corrected chi connectivity index (χ3v) is 3.82. The number of anilines is 1. The molecular weight excluding hydrogens is 224 g/mol. The van der Waals surface area contributed by atoms with Crippen molar-refractivity contribution in [3.63, 3.8) is 0 Å². The second kappa shape index (κ2) is 5.72. The largest absolute Gasteiger partial charge is 0.388 e. The molecule has 1 aromatic carbocycles. The number of nitrogens with zero attached hydrogens (tertiary/aromatic N) is 2. The van der Waals surface area contributed by atoms with Crippen molar-refractivity contribution in [2.75, 3.05) is 31.6 Å².